The molecule has 142 valence electrons. The molecule has 0 N–H and O–H groups in total. The molecule has 28 heavy (non-hydrogen) atoms. The smallest absolute Gasteiger partial charge is 0.233 e. The lowest BCUT2D eigenvalue weighted by molar-refractivity contribution is -0.140. The summed E-state index contributed by atoms with van der Waals surface area (Å²) in [5.74, 6) is 1.74. The Hall–Kier alpha value is -2.95. The molecular formula is C23H24N4O. The van der Waals surface area contributed by atoms with Crippen LogP contribution in [-0.4, -0.2) is 38.4 Å². The van der Waals surface area contributed by atoms with Gasteiger partial charge in [-0.2, -0.15) is 0 Å². The van der Waals surface area contributed by atoms with E-state index in [1.54, 1.807) is 6.20 Å². The number of carbonyl (C=O) groups excluding carboxylic acids is 1. The summed E-state index contributed by atoms with van der Waals surface area (Å²) in [6, 6.07) is 14.2. The molecule has 0 unspecified atom stereocenters. The van der Waals surface area contributed by atoms with Crippen LogP contribution in [0.3, 0.4) is 0 Å². The van der Waals surface area contributed by atoms with Crippen LogP contribution in [0.25, 0.3) is 11.4 Å². The highest BCUT2D eigenvalue weighted by Crippen LogP contribution is 2.50. The molecule has 5 heteroatoms. The summed E-state index contributed by atoms with van der Waals surface area (Å²) >= 11 is 0. The van der Waals surface area contributed by atoms with E-state index >= 15 is 0 Å². The molecule has 0 radical (unpaired) electrons. The fourth-order valence-electron chi connectivity index (χ4n) is 4.34. The minimum absolute atomic E-state index is 0.252. The largest absolute Gasteiger partial charge is 0.341 e. The quantitative estimate of drug-likeness (QED) is 0.689. The lowest BCUT2D eigenvalue weighted by atomic mass is 9.90. The van der Waals surface area contributed by atoms with Gasteiger partial charge in [-0.25, -0.2) is 4.98 Å². The fraction of sp³-hybridized carbons (Fsp3) is 0.348. The van der Waals surface area contributed by atoms with Crippen molar-refractivity contribution in [2.75, 3.05) is 13.1 Å². The number of aryl methyl sites for hydroxylation is 1. The number of imidazole rings is 1. The van der Waals surface area contributed by atoms with E-state index in [0.29, 0.717) is 11.8 Å². The van der Waals surface area contributed by atoms with E-state index in [1.807, 2.05) is 47.6 Å². The normalized spacial score (nSPS) is 18.0. The van der Waals surface area contributed by atoms with Crippen molar-refractivity contribution in [3.8, 4) is 11.4 Å². The number of nitrogens with zero attached hydrogens (tertiary/aromatic N) is 4. The van der Waals surface area contributed by atoms with E-state index in [0.717, 1.165) is 49.6 Å². The van der Waals surface area contributed by atoms with Gasteiger partial charge >= 0.3 is 0 Å². The molecule has 2 aliphatic rings. The molecule has 1 aliphatic carbocycles. The number of rotatable bonds is 5. The van der Waals surface area contributed by atoms with Gasteiger partial charge in [0.25, 0.3) is 0 Å². The highest BCUT2D eigenvalue weighted by atomic mass is 16.2. The molecule has 5 rings (SSSR count). The number of aromatic nitrogens is 3. The number of hydrogen-bond donors (Lipinski definition) is 0. The van der Waals surface area contributed by atoms with E-state index in [2.05, 4.69) is 33.6 Å². The van der Waals surface area contributed by atoms with E-state index in [-0.39, 0.29) is 5.41 Å². The van der Waals surface area contributed by atoms with Gasteiger partial charge in [0.05, 0.1) is 5.41 Å². The standard InChI is InChI=1S/C23H24N4O/c1-17-12-25-21(19-6-5-11-24-13-19)27(17)16-18-14-26(15-18)22(28)23(9-10-23)20-7-3-2-4-8-20/h2-8,11-13,18H,9-10,14-16H2,1H3. The lowest BCUT2D eigenvalue weighted by Crippen LogP contribution is -2.54. The van der Waals surface area contributed by atoms with Crippen LogP contribution in [0.4, 0.5) is 0 Å². The summed E-state index contributed by atoms with van der Waals surface area (Å²) in [5.41, 5.74) is 3.10. The van der Waals surface area contributed by atoms with Crippen LogP contribution in [-0.2, 0) is 16.8 Å². The summed E-state index contributed by atoms with van der Waals surface area (Å²) in [5, 5.41) is 0. The number of benzene rings is 1. The molecule has 1 saturated carbocycles. The number of likely N-dealkylation sites (tertiary alicyclic amines) is 1. The third-order valence-corrected chi connectivity index (χ3v) is 6.15. The van der Waals surface area contributed by atoms with Gasteiger partial charge in [0.2, 0.25) is 5.91 Å². The van der Waals surface area contributed by atoms with Gasteiger partial charge in [-0.1, -0.05) is 30.3 Å². The molecule has 1 amide bonds. The predicted molar refractivity (Wildman–Crippen MR) is 108 cm³/mol. The van der Waals surface area contributed by atoms with Crippen LogP contribution in [0.1, 0.15) is 24.1 Å². The van der Waals surface area contributed by atoms with Crippen molar-refractivity contribution in [3.05, 3.63) is 72.3 Å². The monoisotopic (exact) mass is 372 g/mol. The Morgan fingerprint density at radius 2 is 1.89 bits per heavy atom. The topological polar surface area (TPSA) is 51.0 Å². The zero-order valence-corrected chi connectivity index (χ0v) is 16.1. The Labute approximate surface area is 165 Å². The molecule has 0 atom stereocenters. The predicted octanol–water partition coefficient (Wildman–Crippen LogP) is 3.44. The first kappa shape index (κ1) is 17.2. The highest BCUT2D eigenvalue weighted by Gasteiger charge is 2.54. The molecule has 1 aromatic carbocycles. The molecule has 1 saturated heterocycles. The first-order valence-electron chi connectivity index (χ1n) is 9.95. The van der Waals surface area contributed by atoms with E-state index in [4.69, 9.17) is 0 Å². The summed E-state index contributed by atoms with van der Waals surface area (Å²) in [6.07, 6.45) is 7.50. The Kier molecular flexibility index (Phi) is 4.04. The molecular weight excluding hydrogens is 348 g/mol. The number of carbonyl (C=O) groups is 1. The lowest BCUT2D eigenvalue weighted by Gasteiger charge is -2.42. The van der Waals surface area contributed by atoms with Gasteiger partial charge in [-0.3, -0.25) is 9.78 Å². The zero-order chi connectivity index (χ0) is 19.1. The van der Waals surface area contributed by atoms with Crippen LogP contribution in [0.5, 0.6) is 0 Å². The third-order valence-electron chi connectivity index (χ3n) is 6.15. The maximum Gasteiger partial charge on any atom is 0.233 e. The third kappa shape index (κ3) is 2.82. The second-order valence-corrected chi connectivity index (χ2v) is 8.10. The first-order chi connectivity index (χ1) is 13.7. The Morgan fingerprint density at radius 1 is 1.11 bits per heavy atom. The SMILES string of the molecule is Cc1cnc(-c2cccnc2)n1CC1CN(C(=O)C2(c3ccccc3)CC2)C1. The fourth-order valence-corrected chi connectivity index (χ4v) is 4.34. The number of hydrogen-bond acceptors (Lipinski definition) is 3. The minimum atomic E-state index is -0.252. The maximum atomic E-state index is 13.1. The molecule has 5 nitrogen and oxygen atoms in total. The molecule has 2 aromatic heterocycles. The van der Waals surface area contributed by atoms with Crippen LogP contribution >= 0.6 is 0 Å². The van der Waals surface area contributed by atoms with E-state index < -0.39 is 0 Å². The van der Waals surface area contributed by atoms with Crippen molar-refractivity contribution < 1.29 is 4.79 Å². The first-order valence-corrected chi connectivity index (χ1v) is 9.95. The molecule has 1 aliphatic heterocycles. The molecule has 0 spiro atoms. The summed E-state index contributed by atoms with van der Waals surface area (Å²) in [4.78, 5) is 24.0. The van der Waals surface area contributed by atoms with Crippen molar-refractivity contribution in [2.24, 2.45) is 5.92 Å². The van der Waals surface area contributed by atoms with Crippen LogP contribution in [0.15, 0.2) is 61.1 Å². The molecule has 3 heterocycles. The zero-order valence-electron chi connectivity index (χ0n) is 16.1. The van der Waals surface area contributed by atoms with Crippen LogP contribution in [0.2, 0.25) is 0 Å². The van der Waals surface area contributed by atoms with Crippen molar-refractivity contribution >= 4 is 5.91 Å². The average Bonchev–Trinajstić information content (AvgIpc) is 3.44. The van der Waals surface area contributed by atoms with Gasteiger partial charge in [0, 0.05) is 55.4 Å². The van der Waals surface area contributed by atoms with Crippen LogP contribution < -0.4 is 0 Å². The summed E-state index contributed by atoms with van der Waals surface area (Å²) in [7, 11) is 0. The second-order valence-electron chi connectivity index (χ2n) is 8.10. The Bertz CT molecular complexity index is 986. The van der Waals surface area contributed by atoms with Gasteiger partial charge in [-0.15, -0.1) is 0 Å². The Balaban J connectivity index is 1.27. The molecule has 2 fully saturated rings. The van der Waals surface area contributed by atoms with Crippen molar-refractivity contribution in [1.82, 2.24) is 19.4 Å². The average molecular weight is 372 g/mol. The van der Waals surface area contributed by atoms with E-state index in [9.17, 15) is 4.79 Å². The van der Waals surface area contributed by atoms with Gasteiger partial charge in [0.15, 0.2) is 0 Å². The second kappa shape index (κ2) is 6.59. The summed E-state index contributed by atoms with van der Waals surface area (Å²) in [6.45, 7) is 4.64. The highest BCUT2D eigenvalue weighted by molar-refractivity contribution is 5.91. The van der Waals surface area contributed by atoms with E-state index in [1.165, 1.54) is 5.56 Å². The Morgan fingerprint density at radius 3 is 2.57 bits per heavy atom. The molecule has 3 aromatic rings. The summed E-state index contributed by atoms with van der Waals surface area (Å²) < 4.78 is 2.26. The van der Waals surface area contributed by atoms with Gasteiger partial charge in [-0.05, 0) is 37.5 Å². The maximum absolute atomic E-state index is 13.1. The van der Waals surface area contributed by atoms with Crippen molar-refractivity contribution in [3.63, 3.8) is 0 Å². The number of amides is 1. The van der Waals surface area contributed by atoms with Crippen molar-refractivity contribution in [1.29, 1.82) is 0 Å². The number of pyridine rings is 1. The van der Waals surface area contributed by atoms with Crippen LogP contribution in [0, 0.1) is 12.8 Å². The van der Waals surface area contributed by atoms with Crippen molar-refractivity contribution in [2.45, 2.75) is 31.7 Å². The molecule has 0 bridgehead atoms. The van der Waals surface area contributed by atoms with Gasteiger partial charge < -0.3 is 9.47 Å². The minimum Gasteiger partial charge on any atom is -0.341 e. The van der Waals surface area contributed by atoms with Gasteiger partial charge in [0.1, 0.15) is 5.82 Å².